The maximum Gasteiger partial charge on any atom is 0.341 e. The van der Waals surface area contributed by atoms with Gasteiger partial charge in [0, 0.05) is 40.5 Å². The summed E-state index contributed by atoms with van der Waals surface area (Å²) in [5, 5.41) is 9.82. The van der Waals surface area contributed by atoms with E-state index in [2.05, 4.69) is 11.8 Å². The third-order valence-corrected chi connectivity index (χ3v) is 5.88. The summed E-state index contributed by atoms with van der Waals surface area (Å²) in [7, 11) is 3.53. The minimum atomic E-state index is -1.03. The monoisotopic (exact) mass is 532 g/mol. The predicted octanol–water partition coefficient (Wildman–Crippen LogP) is 6.44. The minimum absolute atomic E-state index is 0.387. The number of nitrogens with zero attached hydrogens (tertiary/aromatic N) is 2. The van der Waals surface area contributed by atoms with E-state index in [0.717, 1.165) is 33.8 Å². The molecule has 6 nitrogen and oxygen atoms in total. The molecule has 0 saturated heterocycles. The molecule has 0 unspecified atom stereocenters. The summed E-state index contributed by atoms with van der Waals surface area (Å²) in [5.74, 6) is 7.15. The number of ether oxygens (including phenoxy) is 2. The lowest BCUT2D eigenvalue weighted by molar-refractivity contribution is -0.139. The number of halogens is 2. The first-order chi connectivity index (χ1) is 17.8. The average Bonchev–Trinajstić information content (AvgIpc) is 3.25. The van der Waals surface area contributed by atoms with E-state index in [0.29, 0.717) is 21.5 Å². The van der Waals surface area contributed by atoms with Gasteiger partial charge >= 0.3 is 5.97 Å². The van der Waals surface area contributed by atoms with Gasteiger partial charge in [0.05, 0.1) is 17.8 Å². The number of hydrogen-bond acceptors (Lipinski definition) is 4. The number of carbonyl (C=O) groups is 1. The maximum absolute atomic E-state index is 10.6. The van der Waals surface area contributed by atoms with Crippen LogP contribution in [-0.4, -0.2) is 34.3 Å². The first-order valence-electron chi connectivity index (χ1n) is 11.1. The fourth-order valence-corrected chi connectivity index (χ4v) is 4.00. The number of hydrogen-bond donors (Lipinski definition) is 1. The molecule has 0 aliphatic rings. The first kappa shape index (κ1) is 25.9. The lowest BCUT2D eigenvalue weighted by Gasteiger charge is -2.05. The number of benzene rings is 3. The standard InChI is InChI=1S/C29H22Cl2N2O4/c1-33-17-26(24-12-9-22(30)16-25(24)31)32-28(33)14-8-21-15-20(7-13-27(21)36-2)4-3-19-5-10-23(11-6-19)37-18-29(34)35/h5-17H,18H2,1-2H3,(H,34,35). The van der Waals surface area contributed by atoms with Crippen molar-refractivity contribution in [1.82, 2.24) is 9.55 Å². The van der Waals surface area contributed by atoms with Crippen LogP contribution in [0.5, 0.6) is 11.5 Å². The Balaban J connectivity index is 1.54. The van der Waals surface area contributed by atoms with E-state index < -0.39 is 5.97 Å². The molecule has 186 valence electrons. The van der Waals surface area contributed by atoms with Crippen molar-refractivity contribution in [3.05, 3.63) is 99.4 Å². The van der Waals surface area contributed by atoms with E-state index >= 15 is 0 Å². The van der Waals surface area contributed by atoms with E-state index in [1.807, 2.05) is 54.2 Å². The molecule has 0 aliphatic carbocycles. The van der Waals surface area contributed by atoms with Crippen molar-refractivity contribution in [3.63, 3.8) is 0 Å². The highest BCUT2D eigenvalue weighted by atomic mass is 35.5. The highest BCUT2D eigenvalue weighted by Crippen LogP contribution is 2.30. The molecule has 1 aromatic heterocycles. The molecule has 0 radical (unpaired) electrons. The average molecular weight is 533 g/mol. The Hall–Kier alpha value is -4.18. The zero-order valence-corrected chi connectivity index (χ0v) is 21.5. The molecule has 37 heavy (non-hydrogen) atoms. The van der Waals surface area contributed by atoms with E-state index in [9.17, 15) is 4.79 Å². The van der Waals surface area contributed by atoms with E-state index in [4.69, 9.17) is 42.8 Å². The Morgan fingerprint density at radius 3 is 2.46 bits per heavy atom. The predicted molar refractivity (Wildman–Crippen MR) is 146 cm³/mol. The van der Waals surface area contributed by atoms with Crippen LogP contribution in [0.2, 0.25) is 10.0 Å². The molecule has 1 N–H and O–H groups in total. The fraction of sp³-hybridized carbons (Fsp3) is 0.103. The van der Waals surface area contributed by atoms with Crippen LogP contribution in [0.25, 0.3) is 23.4 Å². The lowest BCUT2D eigenvalue weighted by atomic mass is 10.1. The van der Waals surface area contributed by atoms with Crippen molar-refractivity contribution in [2.24, 2.45) is 7.05 Å². The van der Waals surface area contributed by atoms with Crippen LogP contribution in [0.1, 0.15) is 22.5 Å². The number of aliphatic carboxylic acids is 1. The number of aromatic nitrogens is 2. The van der Waals surface area contributed by atoms with Crippen molar-refractivity contribution in [1.29, 1.82) is 0 Å². The van der Waals surface area contributed by atoms with Gasteiger partial charge in [-0.1, -0.05) is 35.0 Å². The Bertz CT molecular complexity index is 1530. The molecule has 4 aromatic rings. The van der Waals surface area contributed by atoms with Crippen LogP contribution < -0.4 is 9.47 Å². The Morgan fingerprint density at radius 1 is 1.03 bits per heavy atom. The molecule has 0 spiro atoms. The zero-order valence-electron chi connectivity index (χ0n) is 20.0. The lowest BCUT2D eigenvalue weighted by Crippen LogP contribution is -2.09. The molecule has 1 heterocycles. The fourth-order valence-electron chi connectivity index (χ4n) is 3.49. The van der Waals surface area contributed by atoms with Gasteiger partial charge < -0.3 is 19.1 Å². The van der Waals surface area contributed by atoms with Gasteiger partial charge in [-0.3, -0.25) is 0 Å². The second-order valence-electron chi connectivity index (χ2n) is 7.97. The number of imidazole rings is 1. The number of methoxy groups -OCH3 is 1. The van der Waals surface area contributed by atoms with Gasteiger partial charge in [-0.25, -0.2) is 9.78 Å². The molecule has 0 aliphatic heterocycles. The summed E-state index contributed by atoms with van der Waals surface area (Å²) in [4.78, 5) is 15.3. The molecular weight excluding hydrogens is 511 g/mol. The van der Waals surface area contributed by atoms with Gasteiger partial charge in [-0.15, -0.1) is 0 Å². The summed E-state index contributed by atoms with van der Waals surface area (Å²) >= 11 is 12.4. The molecule has 0 amide bonds. The van der Waals surface area contributed by atoms with Crippen LogP contribution in [-0.2, 0) is 11.8 Å². The van der Waals surface area contributed by atoms with Crippen LogP contribution in [0.15, 0.2) is 66.9 Å². The molecule has 0 fully saturated rings. The number of aryl methyl sites for hydroxylation is 1. The smallest absolute Gasteiger partial charge is 0.341 e. The Labute approximate surface area is 224 Å². The van der Waals surface area contributed by atoms with Gasteiger partial charge in [0.2, 0.25) is 0 Å². The summed E-state index contributed by atoms with van der Waals surface area (Å²) in [6, 6.07) is 17.9. The van der Waals surface area contributed by atoms with Crippen molar-refractivity contribution in [2.75, 3.05) is 13.7 Å². The van der Waals surface area contributed by atoms with Crippen molar-refractivity contribution >= 4 is 41.3 Å². The molecule has 4 rings (SSSR count). The summed E-state index contributed by atoms with van der Waals surface area (Å²) in [6.07, 6.45) is 5.73. The van der Waals surface area contributed by atoms with Gasteiger partial charge in [0.1, 0.15) is 17.3 Å². The second-order valence-corrected chi connectivity index (χ2v) is 8.81. The number of carboxylic acid groups (broad SMARTS) is 1. The molecular formula is C29H22Cl2N2O4. The van der Waals surface area contributed by atoms with Gasteiger partial charge in [0.25, 0.3) is 0 Å². The summed E-state index contributed by atoms with van der Waals surface area (Å²) in [5.41, 5.74) is 3.98. The summed E-state index contributed by atoms with van der Waals surface area (Å²) in [6.45, 7) is -0.387. The molecule has 0 bridgehead atoms. The largest absolute Gasteiger partial charge is 0.496 e. The Morgan fingerprint density at radius 2 is 1.76 bits per heavy atom. The molecule has 0 saturated carbocycles. The third-order valence-electron chi connectivity index (χ3n) is 5.33. The van der Waals surface area contributed by atoms with E-state index in [1.54, 1.807) is 43.5 Å². The van der Waals surface area contributed by atoms with Crippen LogP contribution in [0.4, 0.5) is 0 Å². The highest BCUT2D eigenvalue weighted by molar-refractivity contribution is 6.36. The Kier molecular flexibility index (Phi) is 8.19. The quantitative estimate of drug-likeness (QED) is 0.277. The topological polar surface area (TPSA) is 73.6 Å². The molecule has 3 aromatic carbocycles. The maximum atomic E-state index is 10.6. The zero-order chi connectivity index (χ0) is 26.4. The van der Waals surface area contributed by atoms with Crippen molar-refractivity contribution < 1.29 is 19.4 Å². The SMILES string of the molecule is COc1ccc(C#Cc2ccc(OCC(=O)O)cc2)cc1C=Cc1nc(-c2ccc(Cl)cc2Cl)cn1C. The highest BCUT2D eigenvalue weighted by Gasteiger charge is 2.10. The molecule has 8 heteroatoms. The second kappa shape index (κ2) is 11.7. The van der Waals surface area contributed by atoms with Gasteiger partial charge in [-0.05, 0) is 72.8 Å². The van der Waals surface area contributed by atoms with Gasteiger partial charge in [-0.2, -0.15) is 0 Å². The normalized spacial score (nSPS) is 10.7. The van der Waals surface area contributed by atoms with Crippen LogP contribution in [0.3, 0.4) is 0 Å². The first-order valence-corrected chi connectivity index (χ1v) is 11.9. The summed E-state index contributed by atoms with van der Waals surface area (Å²) < 4.78 is 12.6. The number of rotatable bonds is 7. The van der Waals surface area contributed by atoms with Crippen molar-refractivity contribution in [3.8, 4) is 34.6 Å². The van der Waals surface area contributed by atoms with Gasteiger partial charge in [0.15, 0.2) is 6.61 Å². The van der Waals surface area contributed by atoms with Crippen LogP contribution >= 0.6 is 23.2 Å². The van der Waals surface area contributed by atoms with E-state index in [-0.39, 0.29) is 6.61 Å². The third kappa shape index (κ3) is 6.73. The van der Waals surface area contributed by atoms with E-state index in [1.165, 1.54) is 0 Å². The van der Waals surface area contributed by atoms with Crippen molar-refractivity contribution in [2.45, 2.75) is 0 Å². The minimum Gasteiger partial charge on any atom is -0.496 e. The van der Waals surface area contributed by atoms with Crippen LogP contribution in [0, 0.1) is 11.8 Å². The number of carboxylic acids is 1. The molecule has 0 atom stereocenters.